The van der Waals surface area contributed by atoms with Crippen LogP contribution in [0.5, 0.6) is 0 Å². The Bertz CT molecular complexity index is 119. The number of alkyl halides is 1. The van der Waals surface area contributed by atoms with E-state index in [2.05, 4.69) is 5.92 Å². The van der Waals surface area contributed by atoms with E-state index >= 15 is 0 Å². The van der Waals surface area contributed by atoms with Crippen molar-refractivity contribution in [3.8, 4) is 12.3 Å². The quantitative estimate of drug-likeness (QED) is 0.485. The van der Waals surface area contributed by atoms with E-state index in [1.54, 1.807) is 6.92 Å². The molecule has 0 amide bonds. The molecule has 0 aliphatic heterocycles. The molecule has 0 aromatic carbocycles. The summed E-state index contributed by atoms with van der Waals surface area (Å²) in [5, 5.41) is 8.88. The monoisotopic (exact) mass is 162 g/mol. The van der Waals surface area contributed by atoms with Crippen LogP contribution < -0.4 is 0 Å². The molecular weight excluding hydrogens is 152 g/mol. The summed E-state index contributed by atoms with van der Waals surface area (Å²) < 4.78 is 4.97. The minimum atomic E-state index is -0.613. The fourth-order valence-corrected chi connectivity index (χ4v) is 0.437. The van der Waals surface area contributed by atoms with Crippen LogP contribution in [-0.2, 0) is 4.74 Å². The first-order valence-electron chi connectivity index (χ1n) is 3.02. The van der Waals surface area contributed by atoms with Gasteiger partial charge in [-0.2, -0.15) is 0 Å². The third-order valence-corrected chi connectivity index (χ3v) is 1.31. The van der Waals surface area contributed by atoms with Crippen LogP contribution in [0.4, 0.5) is 0 Å². The van der Waals surface area contributed by atoms with E-state index in [1.165, 1.54) is 0 Å². The number of ether oxygens (including phenoxy) is 1. The topological polar surface area (TPSA) is 29.5 Å². The third-order valence-electron chi connectivity index (χ3n) is 0.951. The van der Waals surface area contributed by atoms with Crippen molar-refractivity contribution in [2.75, 3.05) is 12.5 Å². The minimum Gasteiger partial charge on any atom is -0.389 e. The van der Waals surface area contributed by atoms with Crippen molar-refractivity contribution in [3.05, 3.63) is 0 Å². The lowest BCUT2D eigenvalue weighted by Gasteiger charge is -2.09. The number of halogens is 1. The predicted molar refractivity (Wildman–Crippen MR) is 41.0 cm³/mol. The van der Waals surface area contributed by atoms with Crippen LogP contribution in [0.2, 0.25) is 0 Å². The minimum absolute atomic E-state index is 0.178. The van der Waals surface area contributed by atoms with Gasteiger partial charge < -0.3 is 9.84 Å². The van der Waals surface area contributed by atoms with Crippen LogP contribution in [0.25, 0.3) is 0 Å². The zero-order chi connectivity index (χ0) is 7.98. The van der Waals surface area contributed by atoms with Gasteiger partial charge in [-0.05, 0) is 6.92 Å². The van der Waals surface area contributed by atoms with Gasteiger partial charge in [0.25, 0.3) is 0 Å². The first-order valence-corrected chi connectivity index (χ1v) is 3.56. The zero-order valence-electron chi connectivity index (χ0n) is 5.88. The van der Waals surface area contributed by atoms with Crippen molar-refractivity contribution in [3.63, 3.8) is 0 Å². The maximum Gasteiger partial charge on any atom is 0.115 e. The van der Waals surface area contributed by atoms with Crippen molar-refractivity contribution < 1.29 is 9.84 Å². The van der Waals surface area contributed by atoms with Crippen molar-refractivity contribution in [2.24, 2.45) is 0 Å². The Morgan fingerprint density at radius 2 is 2.40 bits per heavy atom. The fourth-order valence-electron chi connectivity index (χ4n) is 0.348. The molecular formula is C7H11ClO2. The molecule has 0 fully saturated rings. The molecule has 0 aliphatic rings. The summed E-state index contributed by atoms with van der Waals surface area (Å²) in [5.74, 6) is 2.55. The molecule has 3 heteroatoms. The molecule has 58 valence electrons. The molecule has 0 aromatic rings. The standard InChI is InChI=1S/C7H11ClO2/c1-3-6(2)10-5-7(9)4-8/h1,6-7,9H,4-5H2,2H3/t6-,7-/m0/s1. The molecule has 0 radical (unpaired) electrons. The average Bonchev–Trinajstić information content (AvgIpc) is 1.99. The number of aliphatic hydroxyl groups excluding tert-OH is 1. The maximum atomic E-state index is 8.88. The van der Waals surface area contributed by atoms with Crippen molar-refractivity contribution in [1.29, 1.82) is 0 Å². The van der Waals surface area contributed by atoms with Crippen LogP contribution in [-0.4, -0.2) is 29.8 Å². The van der Waals surface area contributed by atoms with Gasteiger partial charge in [-0.3, -0.25) is 0 Å². The maximum absolute atomic E-state index is 8.88. The van der Waals surface area contributed by atoms with Gasteiger partial charge in [0.1, 0.15) is 6.10 Å². The van der Waals surface area contributed by atoms with E-state index in [1.807, 2.05) is 0 Å². The predicted octanol–water partition coefficient (Wildman–Crippen LogP) is 0.624. The number of hydrogen-bond acceptors (Lipinski definition) is 2. The number of rotatable bonds is 4. The van der Waals surface area contributed by atoms with Gasteiger partial charge in [0.15, 0.2) is 0 Å². The van der Waals surface area contributed by atoms with E-state index < -0.39 is 6.10 Å². The SMILES string of the molecule is C#C[C@H](C)OC[C@@H](O)CCl. The summed E-state index contributed by atoms with van der Waals surface area (Å²) in [6.07, 6.45) is 4.14. The Balaban J connectivity index is 3.28. The zero-order valence-corrected chi connectivity index (χ0v) is 6.64. The summed E-state index contributed by atoms with van der Waals surface area (Å²) in [5.41, 5.74) is 0. The first kappa shape index (κ1) is 9.77. The second kappa shape index (κ2) is 5.55. The van der Waals surface area contributed by atoms with E-state index in [4.69, 9.17) is 27.9 Å². The summed E-state index contributed by atoms with van der Waals surface area (Å²) in [7, 11) is 0. The molecule has 0 unspecified atom stereocenters. The molecule has 2 nitrogen and oxygen atoms in total. The van der Waals surface area contributed by atoms with Gasteiger partial charge in [-0.1, -0.05) is 5.92 Å². The lowest BCUT2D eigenvalue weighted by atomic mass is 10.4. The average molecular weight is 163 g/mol. The number of terminal acetylenes is 1. The van der Waals surface area contributed by atoms with Gasteiger partial charge in [-0.25, -0.2) is 0 Å². The lowest BCUT2D eigenvalue weighted by Crippen LogP contribution is -2.20. The molecule has 0 heterocycles. The van der Waals surface area contributed by atoms with Crippen LogP contribution in [0, 0.1) is 12.3 Å². The second-order valence-electron chi connectivity index (χ2n) is 1.95. The molecule has 0 aromatic heterocycles. The van der Waals surface area contributed by atoms with Gasteiger partial charge in [0.2, 0.25) is 0 Å². The first-order chi connectivity index (χ1) is 4.70. The van der Waals surface area contributed by atoms with Crippen LogP contribution >= 0.6 is 11.6 Å². The highest BCUT2D eigenvalue weighted by Crippen LogP contribution is 1.93. The van der Waals surface area contributed by atoms with Crippen LogP contribution in [0.1, 0.15) is 6.92 Å². The summed E-state index contributed by atoms with van der Waals surface area (Å²) in [4.78, 5) is 0. The third kappa shape index (κ3) is 4.63. The van der Waals surface area contributed by atoms with Gasteiger partial charge >= 0.3 is 0 Å². The van der Waals surface area contributed by atoms with Crippen molar-refractivity contribution in [2.45, 2.75) is 19.1 Å². The van der Waals surface area contributed by atoms with Crippen molar-refractivity contribution in [1.82, 2.24) is 0 Å². The molecule has 0 saturated carbocycles. The van der Waals surface area contributed by atoms with Gasteiger partial charge in [0.05, 0.1) is 18.6 Å². The summed E-state index contributed by atoms with van der Waals surface area (Å²) >= 11 is 5.30. The molecule has 0 rings (SSSR count). The highest BCUT2D eigenvalue weighted by atomic mass is 35.5. The highest BCUT2D eigenvalue weighted by molar-refractivity contribution is 6.18. The molecule has 10 heavy (non-hydrogen) atoms. The largest absolute Gasteiger partial charge is 0.389 e. The molecule has 1 N–H and O–H groups in total. The normalized spacial score (nSPS) is 15.8. The molecule has 2 atom stereocenters. The second-order valence-corrected chi connectivity index (χ2v) is 2.26. The van der Waals surface area contributed by atoms with Crippen LogP contribution in [0.15, 0.2) is 0 Å². The van der Waals surface area contributed by atoms with Gasteiger partial charge in [0, 0.05) is 0 Å². The Morgan fingerprint density at radius 3 is 2.80 bits per heavy atom. The number of hydrogen-bond donors (Lipinski definition) is 1. The summed E-state index contributed by atoms with van der Waals surface area (Å²) in [6, 6.07) is 0. The fraction of sp³-hybridized carbons (Fsp3) is 0.714. The molecule has 0 aliphatic carbocycles. The van der Waals surface area contributed by atoms with E-state index in [-0.39, 0.29) is 18.6 Å². The van der Waals surface area contributed by atoms with Gasteiger partial charge in [-0.15, -0.1) is 18.0 Å². The summed E-state index contributed by atoms with van der Waals surface area (Å²) in [6.45, 7) is 1.94. The molecule has 0 spiro atoms. The Kier molecular flexibility index (Phi) is 5.42. The Hall–Kier alpha value is -0.230. The van der Waals surface area contributed by atoms with E-state index in [0.29, 0.717) is 0 Å². The molecule has 0 bridgehead atoms. The van der Waals surface area contributed by atoms with E-state index in [0.717, 1.165) is 0 Å². The van der Waals surface area contributed by atoms with Crippen molar-refractivity contribution >= 4 is 11.6 Å². The Labute approximate surface area is 66.1 Å². The van der Waals surface area contributed by atoms with E-state index in [9.17, 15) is 0 Å². The molecule has 0 saturated heterocycles. The smallest absolute Gasteiger partial charge is 0.115 e. The van der Waals surface area contributed by atoms with Crippen LogP contribution in [0.3, 0.4) is 0 Å². The highest BCUT2D eigenvalue weighted by Gasteiger charge is 2.03. The Morgan fingerprint density at radius 1 is 1.80 bits per heavy atom. The lowest BCUT2D eigenvalue weighted by molar-refractivity contribution is 0.0297. The number of aliphatic hydroxyl groups is 1.